The summed E-state index contributed by atoms with van der Waals surface area (Å²) in [6.07, 6.45) is 0. The van der Waals surface area contributed by atoms with Gasteiger partial charge in [-0.3, -0.25) is 9.69 Å². The Morgan fingerprint density at radius 2 is 1.95 bits per heavy atom. The van der Waals surface area contributed by atoms with Crippen LogP contribution >= 0.6 is 0 Å². The predicted octanol–water partition coefficient (Wildman–Crippen LogP) is 1.31. The fraction of sp³-hybridized carbons (Fsp3) is 0.562. The smallest absolute Gasteiger partial charge is 0.228 e. The third-order valence-electron chi connectivity index (χ3n) is 3.69. The minimum absolute atomic E-state index is 0.0389. The summed E-state index contributed by atoms with van der Waals surface area (Å²) < 4.78 is 5.35. The molecular formula is C16H25N3O2. The molecule has 0 aliphatic carbocycles. The Bertz CT molecular complexity index is 441. The van der Waals surface area contributed by atoms with Crippen LogP contribution in [0.4, 0.5) is 5.69 Å². The number of ether oxygens (including phenoxy) is 1. The standard InChI is InChI=1S/C16H25N3O2/c1-13(11-17-2)16(20)18-15-5-3-14(4-6-15)12-19-7-9-21-10-8-19/h3-6,13,17H,7-12H2,1-2H3,(H,18,20). The topological polar surface area (TPSA) is 53.6 Å². The summed E-state index contributed by atoms with van der Waals surface area (Å²) >= 11 is 0. The van der Waals surface area contributed by atoms with E-state index in [0.717, 1.165) is 38.5 Å². The van der Waals surface area contributed by atoms with Crippen molar-refractivity contribution in [3.05, 3.63) is 29.8 Å². The Labute approximate surface area is 126 Å². The maximum absolute atomic E-state index is 11.9. The van der Waals surface area contributed by atoms with Crippen molar-refractivity contribution in [2.75, 3.05) is 45.2 Å². The van der Waals surface area contributed by atoms with Gasteiger partial charge in [0.2, 0.25) is 5.91 Å². The van der Waals surface area contributed by atoms with E-state index in [4.69, 9.17) is 4.74 Å². The van der Waals surface area contributed by atoms with Gasteiger partial charge in [0.15, 0.2) is 0 Å². The van der Waals surface area contributed by atoms with Crippen molar-refractivity contribution in [3.8, 4) is 0 Å². The molecule has 0 radical (unpaired) electrons. The van der Waals surface area contributed by atoms with Crippen molar-refractivity contribution in [1.82, 2.24) is 10.2 Å². The van der Waals surface area contributed by atoms with Crippen LogP contribution in [0.25, 0.3) is 0 Å². The van der Waals surface area contributed by atoms with Crippen LogP contribution in [0.15, 0.2) is 24.3 Å². The van der Waals surface area contributed by atoms with Gasteiger partial charge in [-0.1, -0.05) is 19.1 Å². The van der Waals surface area contributed by atoms with E-state index in [1.807, 2.05) is 26.1 Å². The van der Waals surface area contributed by atoms with E-state index in [0.29, 0.717) is 6.54 Å². The highest BCUT2D eigenvalue weighted by Gasteiger charge is 2.13. The molecule has 1 heterocycles. The van der Waals surface area contributed by atoms with Crippen molar-refractivity contribution >= 4 is 11.6 Å². The van der Waals surface area contributed by atoms with Crippen molar-refractivity contribution in [1.29, 1.82) is 0 Å². The summed E-state index contributed by atoms with van der Waals surface area (Å²) in [5, 5.41) is 5.96. The Hall–Kier alpha value is -1.43. The first-order valence-corrected chi connectivity index (χ1v) is 7.53. The molecule has 0 aromatic heterocycles. The van der Waals surface area contributed by atoms with Gasteiger partial charge in [-0.2, -0.15) is 0 Å². The normalized spacial score (nSPS) is 17.4. The third-order valence-corrected chi connectivity index (χ3v) is 3.69. The molecule has 116 valence electrons. The molecule has 0 spiro atoms. The Kier molecular flexibility index (Phi) is 6.17. The van der Waals surface area contributed by atoms with Gasteiger partial charge in [-0.05, 0) is 24.7 Å². The molecule has 5 nitrogen and oxygen atoms in total. The zero-order valence-electron chi connectivity index (χ0n) is 12.9. The highest BCUT2D eigenvalue weighted by Crippen LogP contribution is 2.13. The second-order valence-corrected chi connectivity index (χ2v) is 5.53. The maximum atomic E-state index is 11.9. The van der Waals surface area contributed by atoms with Crippen LogP contribution < -0.4 is 10.6 Å². The minimum atomic E-state index is -0.0389. The van der Waals surface area contributed by atoms with E-state index < -0.39 is 0 Å². The SMILES string of the molecule is CNCC(C)C(=O)Nc1ccc(CN2CCOCC2)cc1. The first kappa shape index (κ1) is 15.9. The second-order valence-electron chi connectivity index (χ2n) is 5.53. The lowest BCUT2D eigenvalue weighted by molar-refractivity contribution is -0.119. The summed E-state index contributed by atoms with van der Waals surface area (Å²) in [4.78, 5) is 14.3. The number of amides is 1. The van der Waals surface area contributed by atoms with Crippen LogP contribution in [0.2, 0.25) is 0 Å². The van der Waals surface area contributed by atoms with Gasteiger partial charge >= 0.3 is 0 Å². The number of rotatable bonds is 6. The van der Waals surface area contributed by atoms with E-state index in [9.17, 15) is 4.79 Å². The molecule has 0 bridgehead atoms. The molecule has 1 aromatic carbocycles. The number of carbonyl (C=O) groups is 1. The molecule has 1 amide bonds. The first-order valence-electron chi connectivity index (χ1n) is 7.53. The van der Waals surface area contributed by atoms with E-state index >= 15 is 0 Å². The van der Waals surface area contributed by atoms with Crippen LogP contribution in [0.1, 0.15) is 12.5 Å². The number of morpholine rings is 1. The first-order chi connectivity index (χ1) is 10.2. The lowest BCUT2D eigenvalue weighted by Gasteiger charge is -2.26. The zero-order valence-corrected chi connectivity index (χ0v) is 12.9. The number of hydrogen-bond donors (Lipinski definition) is 2. The number of nitrogens with zero attached hydrogens (tertiary/aromatic N) is 1. The summed E-state index contributed by atoms with van der Waals surface area (Å²) in [5.41, 5.74) is 2.12. The summed E-state index contributed by atoms with van der Waals surface area (Å²) in [7, 11) is 1.85. The molecule has 1 fully saturated rings. The van der Waals surface area contributed by atoms with Gasteiger partial charge < -0.3 is 15.4 Å². The fourth-order valence-electron chi connectivity index (χ4n) is 2.38. The molecule has 5 heteroatoms. The fourth-order valence-corrected chi connectivity index (χ4v) is 2.38. The Morgan fingerprint density at radius 1 is 1.29 bits per heavy atom. The molecule has 1 saturated heterocycles. The monoisotopic (exact) mass is 291 g/mol. The number of anilines is 1. The number of benzene rings is 1. The summed E-state index contributed by atoms with van der Waals surface area (Å²) in [5.74, 6) is 0.00769. The van der Waals surface area contributed by atoms with Crippen LogP contribution in [-0.2, 0) is 16.1 Å². The number of carbonyl (C=O) groups excluding carboxylic acids is 1. The summed E-state index contributed by atoms with van der Waals surface area (Å²) in [6.45, 7) is 7.14. The molecule has 1 aliphatic rings. The second kappa shape index (κ2) is 8.12. The lowest BCUT2D eigenvalue weighted by atomic mass is 10.1. The van der Waals surface area contributed by atoms with Crippen LogP contribution in [0.5, 0.6) is 0 Å². The highest BCUT2D eigenvalue weighted by molar-refractivity contribution is 5.92. The summed E-state index contributed by atoms with van der Waals surface area (Å²) in [6, 6.07) is 8.10. The zero-order chi connectivity index (χ0) is 15.1. The average molecular weight is 291 g/mol. The van der Waals surface area contributed by atoms with Gasteiger partial charge in [0.1, 0.15) is 0 Å². The van der Waals surface area contributed by atoms with Crippen LogP contribution in [-0.4, -0.2) is 50.7 Å². The lowest BCUT2D eigenvalue weighted by Crippen LogP contribution is -2.35. The average Bonchev–Trinajstić information content (AvgIpc) is 2.50. The quantitative estimate of drug-likeness (QED) is 0.830. The maximum Gasteiger partial charge on any atom is 0.228 e. The van der Waals surface area contributed by atoms with Gasteiger partial charge in [-0.15, -0.1) is 0 Å². The molecule has 1 atom stereocenters. The minimum Gasteiger partial charge on any atom is -0.379 e. The van der Waals surface area contributed by atoms with Crippen LogP contribution in [0.3, 0.4) is 0 Å². The Balaban J connectivity index is 1.85. The van der Waals surface area contributed by atoms with Gasteiger partial charge in [-0.25, -0.2) is 0 Å². The molecule has 21 heavy (non-hydrogen) atoms. The predicted molar refractivity (Wildman–Crippen MR) is 84.3 cm³/mol. The van der Waals surface area contributed by atoms with Gasteiger partial charge in [0, 0.05) is 37.8 Å². The van der Waals surface area contributed by atoms with Gasteiger partial charge in [0.25, 0.3) is 0 Å². The van der Waals surface area contributed by atoms with E-state index in [2.05, 4.69) is 27.7 Å². The van der Waals surface area contributed by atoms with E-state index in [1.165, 1.54) is 5.56 Å². The van der Waals surface area contributed by atoms with Crippen molar-refractivity contribution in [3.63, 3.8) is 0 Å². The third kappa shape index (κ3) is 5.12. The highest BCUT2D eigenvalue weighted by atomic mass is 16.5. The van der Waals surface area contributed by atoms with Crippen molar-refractivity contribution in [2.24, 2.45) is 5.92 Å². The van der Waals surface area contributed by atoms with Crippen molar-refractivity contribution in [2.45, 2.75) is 13.5 Å². The molecule has 2 N–H and O–H groups in total. The molecular weight excluding hydrogens is 266 g/mol. The van der Waals surface area contributed by atoms with E-state index in [1.54, 1.807) is 0 Å². The molecule has 2 rings (SSSR count). The number of hydrogen-bond acceptors (Lipinski definition) is 4. The van der Waals surface area contributed by atoms with Crippen molar-refractivity contribution < 1.29 is 9.53 Å². The molecule has 1 unspecified atom stereocenters. The molecule has 1 aromatic rings. The van der Waals surface area contributed by atoms with E-state index in [-0.39, 0.29) is 11.8 Å². The largest absolute Gasteiger partial charge is 0.379 e. The van der Waals surface area contributed by atoms with Crippen LogP contribution in [0, 0.1) is 5.92 Å². The molecule has 0 saturated carbocycles. The van der Waals surface area contributed by atoms with Gasteiger partial charge in [0.05, 0.1) is 13.2 Å². The molecule has 1 aliphatic heterocycles. The number of nitrogens with one attached hydrogen (secondary N) is 2. The Morgan fingerprint density at radius 3 is 2.57 bits per heavy atom.